The molecular weight excluding hydrogens is 676 g/mol. The molecule has 0 atom stereocenters. The van der Waals surface area contributed by atoms with Gasteiger partial charge in [0.25, 0.3) is 5.56 Å². The van der Waals surface area contributed by atoms with E-state index in [1.807, 2.05) is 54.6 Å². The van der Waals surface area contributed by atoms with Crippen LogP contribution in [-0.4, -0.2) is 15.9 Å². The third kappa shape index (κ3) is 5.37. The highest BCUT2D eigenvalue weighted by Gasteiger charge is 2.16. The molecule has 0 aliphatic carbocycles. The van der Waals surface area contributed by atoms with Crippen molar-refractivity contribution in [1.82, 2.24) is 9.66 Å². The largest absolute Gasteiger partial charge is 0.488 e. The fourth-order valence-corrected chi connectivity index (χ4v) is 5.22. The molecule has 6 nitrogen and oxygen atoms in total. The van der Waals surface area contributed by atoms with Gasteiger partial charge in [-0.15, -0.1) is 0 Å². The molecule has 0 unspecified atom stereocenters. The van der Waals surface area contributed by atoms with Crippen LogP contribution in [0.25, 0.3) is 33.5 Å². The van der Waals surface area contributed by atoms with E-state index >= 15 is 0 Å². The van der Waals surface area contributed by atoms with E-state index < -0.39 is 0 Å². The number of nitrogens with zero attached hydrogens (tertiary/aromatic N) is 3. The number of aromatic nitrogens is 2. The van der Waals surface area contributed by atoms with Gasteiger partial charge in [-0.25, -0.2) is 9.37 Å². The molecule has 0 fully saturated rings. The fourth-order valence-electron chi connectivity index (χ4n) is 4.14. The Bertz CT molecular complexity index is 1950. The van der Waals surface area contributed by atoms with Gasteiger partial charge in [-0.05, 0) is 100 Å². The molecule has 0 saturated carbocycles. The standard InChI is InChI=1S/C30H18BrFIN3O3/c31-21-9-11-26-20(14-21)15-28(39-26)29-35-25-7-2-1-6-23(25)30(37)36(29)34-16-18-8-10-27(24(33)13-18)38-17-19-4-3-5-22(32)12-19/h1-16H,17H2. The summed E-state index contributed by atoms with van der Waals surface area (Å²) in [5.74, 6) is 1.09. The number of furan rings is 1. The number of ether oxygens (including phenoxy) is 1. The summed E-state index contributed by atoms with van der Waals surface area (Å²) in [5, 5.41) is 5.85. The van der Waals surface area contributed by atoms with Crippen LogP contribution in [0.4, 0.5) is 4.39 Å². The number of halogens is 3. The van der Waals surface area contributed by atoms with Gasteiger partial charge in [0.2, 0.25) is 5.82 Å². The molecule has 0 aliphatic rings. The minimum Gasteiger partial charge on any atom is -0.488 e. The predicted octanol–water partition coefficient (Wildman–Crippen LogP) is 7.78. The minimum atomic E-state index is -0.307. The van der Waals surface area contributed by atoms with Crippen molar-refractivity contribution in [3.63, 3.8) is 0 Å². The zero-order valence-corrected chi connectivity index (χ0v) is 23.9. The number of para-hydroxylation sites is 1. The highest BCUT2D eigenvalue weighted by Crippen LogP contribution is 2.29. The highest BCUT2D eigenvalue weighted by molar-refractivity contribution is 14.1. The highest BCUT2D eigenvalue weighted by atomic mass is 127. The maximum absolute atomic E-state index is 13.5. The molecule has 6 aromatic rings. The summed E-state index contributed by atoms with van der Waals surface area (Å²) in [6.07, 6.45) is 1.60. The summed E-state index contributed by atoms with van der Waals surface area (Å²) < 4.78 is 28.4. The number of benzene rings is 4. The summed E-state index contributed by atoms with van der Waals surface area (Å²) in [7, 11) is 0. The lowest BCUT2D eigenvalue weighted by molar-refractivity contribution is 0.303. The maximum atomic E-state index is 13.5. The summed E-state index contributed by atoms with van der Waals surface area (Å²) in [5.41, 5.74) is 2.43. The van der Waals surface area contributed by atoms with Crippen LogP contribution in [0, 0.1) is 9.39 Å². The molecule has 0 aliphatic heterocycles. The van der Waals surface area contributed by atoms with E-state index in [1.165, 1.54) is 16.8 Å². The molecule has 4 aromatic carbocycles. The van der Waals surface area contributed by atoms with Gasteiger partial charge in [0.05, 0.1) is 20.7 Å². The first-order valence-electron chi connectivity index (χ1n) is 11.9. The van der Waals surface area contributed by atoms with E-state index in [4.69, 9.17) is 14.1 Å². The van der Waals surface area contributed by atoms with Crippen molar-refractivity contribution in [3.05, 3.63) is 126 Å². The minimum absolute atomic E-state index is 0.247. The van der Waals surface area contributed by atoms with Crippen LogP contribution in [0.3, 0.4) is 0 Å². The Morgan fingerprint density at radius 3 is 2.74 bits per heavy atom. The van der Waals surface area contributed by atoms with Crippen LogP contribution in [0.5, 0.6) is 5.75 Å². The number of hydrogen-bond acceptors (Lipinski definition) is 5. The molecule has 0 amide bonds. The zero-order chi connectivity index (χ0) is 26.9. The Labute approximate surface area is 244 Å². The second-order valence-corrected chi connectivity index (χ2v) is 10.8. The first kappa shape index (κ1) is 25.4. The molecule has 0 radical (unpaired) electrons. The number of fused-ring (bicyclic) bond motifs is 2. The maximum Gasteiger partial charge on any atom is 0.282 e. The summed E-state index contributed by atoms with van der Waals surface area (Å²) in [4.78, 5) is 18.2. The third-order valence-electron chi connectivity index (χ3n) is 6.01. The predicted molar refractivity (Wildman–Crippen MR) is 162 cm³/mol. The van der Waals surface area contributed by atoms with Crippen molar-refractivity contribution >= 4 is 66.6 Å². The second-order valence-electron chi connectivity index (χ2n) is 8.72. The van der Waals surface area contributed by atoms with E-state index in [1.54, 1.807) is 30.5 Å². The van der Waals surface area contributed by atoms with Crippen LogP contribution < -0.4 is 10.3 Å². The first-order chi connectivity index (χ1) is 18.9. The molecular formula is C30H18BrFIN3O3. The van der Waals surface area contributed by atoms with Gasteiger partial charge >= 0.3 is 0 Å². The quantitative estimate of drug-likeness (QED) is 0.132. The summed E-state index contributed by atoms with van der Waals surface area (Å²) in [6, 6.07) is 26.5. The Morgan fingerprint density at radius 1 is 1.03 bits per heavy atom. The molecule has 192 valence electrons. The van der Waals surface area contributed by atoms with Gasteiger partial charge in [-0.2, -0.15) is 9.78 Å². The second kappa shape index (κ2) is 10.7. The molecule has 0 bridgehead atoms. The fraction of sp³-hybridized carbons (Fsp3) is 0.0333. The van der Waals surface area contributed by atoms with Crippen molar-refractivity contribution in [2.75, 3.05) is 0 Å². The Balaban J connectivity index is 1.35. The molecule has 0 spiro atoms. The Kier molecular flexibility index (Phi) is 7.01. The van der Waals surface area contributed by atoms with Crippen LogP contribution in [0.15, 0.2) is 110 Å². The van der Waals surface area contributed by atoms with Gasteiger partial charge in [-0.3, -0.25) is 4.79 Å². The van der Waals surface area contributed by atoms with Gasteiger partial charge < -0.3 is 9.15 Å². The smallest absolute Gasteiger partial charge is 0.282 e. The normalized spacial score (nSPS) is 11.6. The van der Waals surface area contributed by atoms with Crippen molar-refractivity contribution in [2.24, 2.45) is 5.10 Å². The van der Waals surface area contributed by atoms with Crippen molar-refractivity contribution in [3.8, 4) is 17.3 Å². The number of rotatable bonds is 6. The SMILES string of the molecule is O=c1c2ccccc2nc(-c2cc3cc(Br)ccc3o2)n1N=Cc1ccc(OCc2cccc(F)c2)c(I)c1. The van der Waals surface area contributed by atoms with Crippen LogP contribution in [0.2, 0.25) is 0 Å². The third-order valence-corrected chi connectivity index (χ3v) is 7.35. The topological polar surface area (TPSA) is 69.6 Å². The van der Waals surface area contributed by atoms with Gasteiger partial charge in [0.1, 0.15) is 23.8 Å². The monoisotopic (exact) mass is 693 g/mol. The molecule has 6 rings (SSSR count). The van der Waals surface area contributed by atoms with Crippen LogP contribution in [-0.2, 0) is 6.61 Å². The molecule has 0 saturated heterocycles. The number of hydrogen-bond donors (Lipinski definition) is 0. The molecule has 2 aromatic heterocycles. The molecule has 9 heteroatoms. The summed E-state index contributed by atoms with van der Waals surface area (Å²) >= 11 is 5.66. The van der Waals surface area contributed by atoms with E-state index in [9.17, 15) is 9.18 Å². The molecule has 2 heterocycles. The Morgan fingerprint density at radius 2 is 1.90 bits per heavy atom. The van der Waals surface area contributed by atoms with Gasteiger partial charge in [-0.1, -0.05) is 40.2 Å². The van der Waals surface area contributed by atoms with Crippen molar-refractivity contribution in [1.29, 1.82) is 0 Å². The van der Waals surface area contributed by atoms with Crippen LogP contribution >= 0.6 is 38.5 Å². The lowest BCUT2D eigenvalue weighted by Gasteiger charge is -2.09. The zero-order valence-electron chi connectivity index (χ0n) is 20.1. The lowest BCUT2D eigenvalue weighted by Crippen LogP contribution is -2.20. The average Bonchev–Trinajstić information content (AvgIpc) is 3.35. The van der Waals surface area contributed by atoms with E-state index in [0.29, 0.717) is 33.8 Å². The van der Waals surface area contributed by atoms with E-state index in [2.05, 4.69) is 43.6 Å². The van der Waals surface area contributed by atoms with E-state index in [0.717, 1.165) is 24.6 Å². The van der Waals surface area contributed by atoms with Gasteiger partial charge in [0.15, 0.2) is 5.76 Å². The lowest BCUT2D eigenvalue weighted by atomic mass is 10.2. The summed E-state index contributed by atoms with van der Waals surface area (Å²) in [6.45, 7) is 0.247. The van der Waals surface area contributed by atoms with Crippen molar-refractivity contribution < 1.29 is 13.5 Å². The molecule has 0 N–H and O–H groups in total. The average molecular weight is 694 g/mol. The van der Waals surface area contributed by atoms with Crippen LogP contribution in [0.1, 0.15) is 11.1 Å². The Hall–Kier alpha value is -3.83. The van der Waals surface area contributed by atoms with E-state index in [-0.39, 0.29) is 18.0 Å². The molecule has 39 heavy (non-hydrogen) atoms. The first-order valence-corrected chi connectivity index (χ1v) is 13.7. The van der Waals surface area contributed by atoms with Crippen molar-refractivity contribution in [2.45, 2.75) is 6.61 Å². The van der Waals surface area contributed by atoms with Gasteiger partial charge in [0, 0.05) is 9.86 Å².